The molecule has 1 heterocycles. The number of pyridine rings is 1. The molecule has 1 atom stereocenters. The summed E-state index contributed by atoms with van der Waals surface area (Å²) in [4.78, 5) is 4.52. The van der Waals surface area contributed by atoms with Gasteiger partial charge >= 0.3 is 0 Å². The number of benzene rings is 2. The zero-order chi connectivity index (χ0) is 16.8. The van der Waals surface area contributed by atoms with Gasteiger partial charge in [-0.3, -0.25) is 4.98 Å². The maximum atomic E-state index is 5.85. The highest BCUT2D eigenvalue weighted by molar-refractivity contribution is 5.64. The number of nitrogens with zero attached hydrogens (tertiary/aromatic N) is 1. The second-order valence-corrected chi connectivity index (χ2v) is 6.05. The Morgan fingerprint density at radius 3 is 2.46 bits per heavy atom. The van der Waals surface area contributed by atoms with Crippen molar-refractivity contribution in [1.29, 1.82) is 0 Å². The Balaban J connectivity index is 1.89. The number of hydrogen-bond donors (Lipinski definition) is 0. The Labute approximate surface area is 144 Å². The highest BCUT2D eigenvalue weighted by Gasteiger charge is 2.17. The van der Waals surface area contributed by atoms with Crippen LogP contribution in [0.2, 0.25) is 0 Å². The van der Waals surface area contributed by atoms with Gasteiger partial charge in [-0.25, -0.2) is 0 Å². The number of aromatic nitrogens is 1. The molecule has 2 nitrogen and oxygen atoms in total. The predicted molar refractivity (Wildman–Crippen MR) is 98.9 cm³/mol. The summed E-state index contributed by atoms with van der Waals surface area (Å²) in [6.07, 6.45) is 3.84. The number of rotatable bonds is 6. The molecule has 0 saturated carbocycles. The van der Waals surface area contributed by atoms with Crippen molar-refractivity contribution in [3.05, 3.63) is 89.6 Å². The topological polar surface area (TPSA) is 22.1 Å². The molecular weight excluding hydrogens is 294 g/mol. The average molecular weight is 317 g/mol. The van der Waals surface area contributed by atoms with Crippen molar-refractivity contribution in [1.82, 2.24) is 4.98 Å². The predicted octanol–water partition coefficient (Wildman–Crippen LogP) is 5.38. The van der Waals surface area contributed by atoms with Crippen molar-refractivity contribution >= 4 is 0 Å². The summed E-state index contributed by atoms with van der Waals surface area (Å²) in [5.74, 6) is 0. The molecule has 0 aliphatic carbocycles. The number of ether oxygens (including phenoxy) is 1. The van der Waals surface area contributed by atoms with Gasteiger partial charge in [0, 0.05) is 18.9 Å². The first-order chi connectivity index (χ1) is 11.8. The lowest BCUT2D eigenvalue weighted by atomic mass is 9.93. The second-order valence-electron chi connectivity index (χ2n) is 6.05. The molecule has 0 aliphatic rings. The van der Waals surface area contributed by atoms with Gasteiger partial charge in [0.15, 0.2) is 0 Å². The van der Waals surface area contributed by atoms with E-state index in [1.54, 1.807) is 7.11 Å². The van der Waals surface area contributed by atoms with Crippen LogP contribution in [-0.4, -0.2) is 12.1 Å². The summed E-state index contributed by atoms with van der Waals surface area (Å²) < 4.78 is 5.85. The van der Waals surface area contributed by atoms with Gasteiger partial charge in [0.1, 0.15) is 0 Å². The summed E-state index contributed by atoms with van der Waals surface area (Å²) in [7, 11) is 1.79. The zero-order valence-electron chi connectivity index (χ0n) is 14.3. The van der Waals surface area contributed by atoms with E-state index < -0.39 is 0 Å². The summed E-state index contributed by atoms with van der Waals surface area (Å²) >= 11 is 0. The van der Waals surface area contributed by atoms with E-state index in [0.717, 1.165) is 24.1 Å². The minimum atomic E-state index is 0.0575. The van der Waals surface area contributed by atoms with Gasteiger partial charge in [0.05, 0.1) is 11.8 Å². The molecule has 0 radical (unpaired) electrons. The van der Waals surface area contributed by atoms with E-state index in [-0.39, 0.29) is 6.10 Å². The fourth-order valence-corrected chi connectivity index (χ4v) is 3.05. The fourth-order valence-electron chi connectivity index (χ4n) is 3.05. The van der Waals surface area contributed by atoms with Gasteiger partial charge in [0.25, 0.3) is 0 Å². The molecule has 3 aromatic rings. The highest BCUT2D eigenvalue weighted by atomic mass is 16.5. The first-order valence-electron chi connectivity index (χ1n) is 8.36. The summed E-state index contributed by atoms with van der Waals surface area (Å²) in [5, 5.41) is 0. The van der Waals surface area contributed by atoms with Gasteiger partial charge in [-0.05, 0) is 43.0 Å². The van der Waals surface area contributed by atoms with Crippen LogP contribution in [0.25, 0.3) is 11.3 Å². The Morgan fingerprint density at radius 2 is 1.75 bits per heavy atom. The van der Waals surface area contributed by atoms with Crippen molar-refractivity contribution in [2.45, 2.75) is 25.9 Å². The normalized spacial score (nSPS) is 12.1. The van der Waals surface area contributed by atoms with Crippen LogP contribution < -0.4 is 0 Å². The molecule has 3 rings (SSSR count). The summed E-state index contributed by atoms with van der Waals surface area (Å²) in [5.41, 5.74) is 5.94. The van der Waals surface area contributed by atoms with Crippen LogP contribution in [0.4, 0.5) is 0 Å². The lowest BCUT2D eigenvalue weighted by Gasteiger charge is -2.20. The van der Waals surface area contributed by atoms with Crippen molar-refractivity contribution in [3.8, 4) is 11.3 Å². The van der Waals surface area contributed by atoms with Gasteiger partial charge < -0.3 is 4.74 Å². The molecule has 0 spiro atoms. The summed E-state index contributed by atoms with van der Waals surface area (Å²) in [6.45, 7) is 2.12. The number of methoxy groups -OCH3 is 1. The number of aryl methyl sites for hydroxylation is 2. The van der Waals surface area contributed by atoms with E-state index in [0.29, 0.717) is 0 Å². The minimum Gasteiger partial charge on any atom is -0.377 e. The van der Waals surface area contributed by atoms with Crippen molar-refractivity contribution in [3.63, 3.8) is 0 Å². The molecule has 2 aromatic carbocycles. The lowest BCUT2D eigenvalue weighted by molar-refractivity contribution is 0.0963. The molecule has 0 saturated heterocycles. The Hall–Kier alpha value is -2.45. The molecule has 0 fully saturated rings. The molecule has 122 valence electrons. The third-order valence-corrected chi connectivity index (χ3v) is 4.32. The van der Waals surface area contributed by atoms with Gasteiger partial charge in [-0.2, -0.15) is 0 Å². The smallest absolute Gasteiger partial charge is 0.0831 e. The van der Waals surface area contributed by atoms with Crippen LogP contribution in [0, 0.1) is 6.92 Å². The number of hydrogen-bond acceptors (Lipinski definition) is 2. The van der Waals surface area contributed by atoms with Gasteiger partial charge in [-0.15, -0.1) is 0 Å². The second kappa shape index (κ2) is 7.89. The van der Waals surface area contributed by atoms with Crippen molar-refractivity contribution < 1.29 is 4.74 Å². The molecule has 0 N–H and O–H groups in total. The van der Waals surface area contributed by atoms with Crippen molar-refractivity contribution in [2.75, 3.05) is 7.11 Å². The zero-order valence-corrected chi connectivity index (χ0v) is 14.3. The van der Waals surface area contributed by atoms with Crippen LogP contribution in [0.1, 0.15) is 29.2 Å². The molecule has 1 aromatic heterocycles. The van der Waals surface area contributed by atoms with E-state index in [2.05, 4.69) is 66.5 Å². The molecular formula is C22H23NO. The third-order valence-electron chi connectivity index (χ3n) is 4.32. The summed E-state index contributed by atoms with van der Waals surface area (Å²) in [6, 6.07) is 23.1. The lowest BCUT2D eigenvalue weighted by Crippen LogP contribution is -2.06. The Bertz CT molecular complexity index is 768. The molecule has 24 heavy (non-hydrogen) atoms. The fraction of sp³-hybridized carbons (Fsp3) is 0.227. The minimum absolute atomic E-state index is 0.0575. The standard InChI is InChI=1S/C22H23NO/c1-17-11-13-19(21-10-6-7-15-23-21)20(16-17)22(24-2)14-12-18-8-4-3-5-9-18/h3-11,13,15-16,22H,12,14H2,1-2H3/t22-/m0/s1. The van der Waals surface area contributed by atoms with E-state index in [1.807, 2.05) is 18.3 Å². The van der Waals surface area contributed by atoms with Crippen LogP contribution in [0.5, 0.6) is 0 Å². The first kappa shape index (κ1) is 16.4. The van der Waals surface area contributed by atoms with E-state index in [4.69, 9.17) is 4.74 Å². The average Bonchev–Trinajstić information content (AvgIpc) is 2.64. The van der Waals surface area contributed by atoms with Gasteiger partial charge in [0.2, 0.25) is 0 Å². The maximum absolute atomic E-state index is 5.85. The molecule has 0 aliphatic heterocycles. The van der Waals surface area contributed by atoms with E-state index in [9.17, 15) is 0 Å². The largest absolute Gasteiger partial charge is 0.377 e. The Kier molecular flexibility index (Phi) is 5.39. The Morgan fingerprint density at radius 1 is 0.958 bits per heavy atom. The maximum Gasteiger partial charge on any atom is 0.0831 e. The molecule has 0 unspecified atom stereocenters. The first-order valence-corrected chi connectivity index (χ1v) is 8.36. The quantitative estimate of drug-likeness (QED) is 0.609. The van der Waals surface area contributed by atoms with Crippen molar-refractivity contribution in [2.24, 2.45) is 0 Å². The highest BCUT2D eigenvalue weighted by Crippen LogP contribution is 2.32. The van der Waals surface area contributed by atoms with E-state index >= 15 is 0 Å². The van der Waals surface area contributed by atoms with Gasteiger partial charge in [-0.1, -0.05) is 60.2 Å². The molecule has 0 amide bonds. The van der Waals surface area contributed by atoms with Crippen LogP contribution in [0.3, 0.4) is 0 Å². The molecule has 2 heteroatoms. The SMILES string of the molecule is CO[C@@H](CCc1ccccc1)c1cc(C)ccc1-c1ccccn1. The third kappa shape index (κ3) is 3.90. The van der Waals surface area contributed by atoms with Crippen LogP contribution in [0.15, 0.2) is 72.9 Å². The monoisotopic (exact) mass is 317 g/mol. The van der Waals surface area contributed by atoms with Crippen LogP contribution in [-0.2, 0) is 11.2 Å². The van der Waals surface area contributed by atoms with E-state index in [1.165, 1.54) is 16.7 Å². The molecule has 0 bridgehead atoms. The van der Waals surface area contributed by atoms with Crippen LogP contribution >= 0.6 is 0 Å².